The largest absolute Gasteiger partial charge is 0.493 e. The molecule has 1 saturated heterocycles. The van der Waals surface area contributed by atoms with E-state index >= 15 is 0 Å². The van der Waals surface area contributed by atoms with Gasteiger partial charge in [-0.2, -0.15) is 0 Å². The molecule has 0 spiro atoms. The number of fused-ring (bicyclic) bond motifs is 1. The molecule has 2 aliphatic rings. The Labute approximate surface area is 115 Å². The van der Waals surface area contributed by atoms with Gasteiger partial charge in [0.1, 0.15) is 5.75 Å². The molecule has 1 N–H and O–H groups in total. The maximum Gasteiger partial charge on any atom is 0.127 e. The Morgan fingerprint density at radius 1 is 1.37 bits per heavy atom. The van der Waals surface area contributed by atoms with E-state index in [0.29, 0.717) is 6.10 Å². The van der Waals surface area contributed by atoms with Crippen LogP contribution in [0, 0.1) is 0 Å². The second kappa shape index (κ2) is 5.51. The maximum absolute atomic E-state index is 6.07. The van der Waals surface area contributed by atoms with Crippen LogP contribution in [0.15, 0.2) is 18.2 Å². The Kier molecular flexibility index (Phi) is 3.76. The fourth-order valence-electron chi connectivity index (χ4n) is 3.23. The predicted octanol–water partition coefficient (Wildman–Crippen LogP) is 2.84. The van der Waals surface area contributed by atoms with E-state index in [1.54, 1.807) is 0 Å². The summed E-state index contributed by atoms with van der Waals surface area (Å²) in [5.74, 6) is 1.09. The highest BCUT2D eigenvalue weighted by molar-refractivity contribution is 5.46. The van der Waals surface area contributed by atoms with Crippen molar-refractivity contribution < 1.29 is 9.47 Å². The number of ether oxygens (including phenoxy) is 2. The second-order valence-corrected chi connectivity index (χ2v) is 5.53. The zero-order valence-electron chi connectivity index (χ0n) is 11.8. The standard InChI is InChI=1S/C16H23NO2/c1-3-17-15(14-8-7-11(2)19-14)13-6-4-5-12-9-10-18-16(12)13/h4-6,11,14-15,17H,3,7-10H2,1-2H3. The first-order valence-corrected chi connectivity index (χ1v) is 7.43. The van der Waals surface area contributed by atoms with Crippen LogP contribution in [-0.2, 0) is 11.2 Å². The summed E-state index contributed by atoms with van der Waals surface area (Å²) in [6, 6.07) is 6.76. The van der Waals surface area contributed by atoms with Gasteiger partial charge in [-0.05, 0) is 31.9 Å². The van der Waals surface area contributed by atoms with Crippen LogP contribution >= 0.6 is 0 Å². The van der Waals surface area contributed by atoms with E-state index in [0.717, 1.165) is 38.2 Å². The zero-order valence-corrected chi connectivity index (χ0v) is 11.8. The van der Waals surface area contributed by atoms with Crippen molar-refractivity contribution >= 4 is 0 Å². The van der Waals surface area contributed by atoms with E-state index in [2.05, 4.69) is 37.4 Å². The van der Waals surface area contributed by atoms with Crippen LogP contribution in [0.1, 0.15) is 43.9 Å². The molecule has 0 aliphatic carbocycles. The molecule has 3 nitrogen and oxygen atoms in total. The highest BCUT2D eigenvalue weighted by atomic mass is 16.5. The Morgan fingerprint density at radius 2 is 2.26 bits per heavy atom. The maximum atomic E-state index is 6.07. The fourth-order valence-corrected chi connectivity index (χ4v) is 3.23. The van der Waals surface area contributed by atoms with Gasteiger partial charge in [0.2, 0.25) is 0 Å². The molecule has 2 aliphatic heterocycles. The molecule has 3 unspecified atom stereocenters. The van der Waals surface area contributed by atoms with Crippen LogP contribution in [0.2, 0.25) is 0 Å². The van der Waals surface area contributed by atoms with Crippen molar-refractivity contribution in [3.8, 4) is 5.75 Å². The Morgan fingerprint density at radius 3 is 3.00 bits per heavy atom. The molecular formula is C16H23NO2. The number of rotatable bonds is 4. The fraction of sp³-hybridized carbons (Fsp3) is 0.625. The Balaban J connectivity index is 1.90. The minimum atomic E-state index is 0.253. The van der Waals surface area contributed by atoms with Crippen molar-refractivity contribution in [2.45, 2.75) is 51.4 Å². The quantitative estimate of drug-likeness (QED) is 0.904. The highest BCUT2D eigenvalue weighted by Crippen LogP contribution is 2.38. The molecule has 0 aromatic heterocycles. The molecule has 0 amide bonds. The van der Waals surface area contributed by atoms with Gasteiger partial charge in [-0.25, -0.2) is 0 Å². The second-order valence-electron chi connectivity index (χ2n) is 5.53. The number of hydrogen-bond donors (Lipinski definition) is 1. The van der Waals surface area contributed by atoms with E-state index < -0.39 is 0 Å². The van der Waals surface area contributed by atoms with Crippen molar-refractivity contribution in [3.63, 3.8) is 0 Å². The molecule has 3 rings (SSSR count). The van der Waals surface area contributed by atoms with Crippen molar-refractivity contribution in [2.24, 2.45) is 0 Å². The first-order valence-electron chi connectivity index (χ1n) is 7.43. The van der Waals surface area contributed by atoms with E-state index in [1.807, 2.05) is 0 Å². The molecule has 3 heteroatoms. The van der Waals surface area contributed by atoms with Gasteiger partial charge in [-0.1, -0.05) is 25.1 Å². The lowest BCUT2D eigenvalue weighted by Gasteiger charge is -2.26. The highest BCUT2D eigenvalue weighted by Gasteiger charge is 2.33. The smallest absolute Gasteiger partial charge is 0.127 e. The topological polar surface area (TPSA) is 30.5 Å². The Bertz CT molecular complexity index is 446. The molecule has 3 atom stereocenters. The van der Waals surface area contributed by atoms with E-state index in [4.69, 9.17) is 9.47 Å². The predicted molar refractivity (Wildman–Crippen MR) is 75.6 cm³/mol. The summed E-state index contributed by atoms with van der Waals surface area (Å²) in [5.41, 5.74) is 2.61. The van der Waals surface area contributed by atoms with E-state index in [-0.39, 0.29) is 12.1 Å². The number of benzene rings is 1. The van der Waals surface area contributed by atoms with Gasteiger partial charge in [0.05, 0.1) is 24.9 Å². The van der Waals surface area contributed by atoms with E-state index in [9.17, 15) is 0 Å². The molecule has 0 radical (unpaired) electrons. The first-order chi connectivity index (χ1) is 9.29. The lowest BCUT2D eigenvalue weighted by atomic mass is 9.96. The lowest BCUT2D eigenvalue weighted by Crippen LogP contribution is -2.32. The molecule has 1 fully saturated rings. The van der Waals surface area contributed by atoms with Gasteiger partial charge in [0.25, 0.3) is 0 Å². The molecule has 1 aromatic carbocycles. The average Bonchev–Trinajstić information content (AvgIpc) is 3.04. The van der Waals surface area contributed by atoms with Crippen LogP contribution in [0.4, 0.5) is 0 Å². The SMILES string of the molecule is CCNC(c1cccc2c1OCC2)C1CCC(C)O1. The molecule has 1 aromatic rings. The Hall–Kier alpha value is -1.06. The summed E-state index contributed by atoms with van der Waals surface area (Å²) in [7, 11) is 0. The molecule has 0 saturated carbocycles. The normalized spacial score (nSPS) is 27.1. The number of para-hydroxylation sites is 1. The summed E-state index contributed by atoms with van der Waals surface area (Å²) in [6.07, 6.45) is 3.96. The third-order valence-electron chi connectivity index (χ3n) is 4.14. The van der Waals surface area contributed by atoms with Gasteiger partial charge >= 0.3 is 0 Å². The molecule has 2 heterocycles. The van der Waals surface area contributed by atoms with Crippen LogP contribution in [0.5, 0.6) is 5.75 Å². The van der Waals surface area contributed by atoms with Gasteiger partial charge in [0.15, 0.2) is 0 Å². The van der Waals surface area contributed by atoms with Gasteiger partial charge in [-0.3, -0.25) is 0 Å². The van der Waals surface area contributed by atoms with Crippen LogP contribution in [0.3, 0.4) is 0 Å². The molecule has 104 valence electrons. The van der Waals surface area contributed by atoms with Crippen molar-refractivity contribution in [1.29, 1.82) is 0 Å². The number of hydrogen-bond acceptors (Lipinski definition) is 3. The first kappa shape index (κ1) is 12.9. The van der Waals surface area contributed by atoms with Crippen molar-refractivity contribution in [3.05, 3.63) is 29.3 Å². The van der Waals surface area contributed by atoms with Crippen LogP contribution in [0.25, 0.3) is 0 Å². The summed E-state index contributed by atoms with van der Waals surface area (Å²) in [5, 5.41) is 3.59. The number of likely N-dealkylation sites (N-methyl/N-ethyl adjacent to an activating group) is 1. The van der Waals surface area contributed by atoms with Gasteiger partial charge in [-0.15, -0.1) is 0 Å². The van der Waals surface area contributed by atoms with Gasteiger partial charge in [0, 0.05) is 12.0 Å². The summed E-state index contributed by atoms with van der Waals surface area (Å²) in [4.78, 5) is 0. The molecule has 0 bridgehead atoms. The molecular weight excluding hydrogens is 238 g/mol. The third-order valence-corrected chi connectivity index (χ3v) is 4.14. The van der Waals surface area contributed by atoms with E-state index in [1.165, 1.54) is 11.1 Å². The summed E-state index contributed by atoms with van der Waals surface area (Å²) in [6.45, 7) is 6.07. The summed E-state index contributed by atoms with van der Waals surface area (Å²) < 4.78 is 11.9. The monoisotopic (exact) mass is 261 g/mol. The minimum Gasteiger partial charge on any atom is -0.493 e. The number of nitrogens with one attached hydrogen (secondary N) is 1. The van der Waals surface area contributed by atoms with Crippen LogP contribution < -0.4 is 10.1 Å². The molecule has 19 heavy (non-hydrogen) atoms. The average molecular weight is 261 g/mol. The van der Waals surface area contributed by atoms with Gasteiger partial charge < -0.3 is 14.8 Å². The lowest BCUT2D eigenvalue weighted by molar-refractivity contribution is 0.0314. The minimum absolute atomic E-state index is 0.253. The third kappa shape index (κ3) is 2.49. The zero-order chi connectivity index (χ0) is 13.2. The van der Waals surface area contributed by atoms with Crippen molar-refractivity contribution in [2.75, 3.05) is 13.2 Å². The van der Waals surface area contributed by atoms with Crippen molar-refractivity contribution in [1.82, 2.24) is 5.32 Å². The van der Waals surface area contributed by atoms with Crippen LogP contribution in [-0.4, -0.2) is 25.4 Å². The summed E-state index contributed by atoms with van der Waals surface area (Å²) >= 11 is 0.